The molecule has 1 saturated heterocycles. The van der Waals surface area contributed by atoms with Crippen molar-refractivity contribution in [3.05, 3.63) is 53.7 Å². The molecule has 0 radical (unpaired) electrons. The monoisotopic (exact) mass is 521 g/mol. The summed E-state index contributed by atoms with van der Waals surface area (Å²) < 4.78 is 13.1. The third-order valence-electron chi connectivity index (χ3n) is 6.29. The number of carbonyl (C=O) groups is 2. The molecule has 38 heavy (non-hydrogen) atoms. The van der Waals surface area contributed by atoms with Gasteiger partial charge >= 0.3 is 6.03 Å². The predicted octanol–water partition coefficient (Wildman–Crippen LogP) is 2.59. The zero-order valence-electron chi connectivity index (χ0n) is 22.3. The van der Waals surface area contributed by atoms with E-state index >= 15 is 0 Å². The van der Waals surface area contributed by atoms with Crippen LogP contribution in [0.5, 0.6) is 5.75 Å². The standard InChI is InChI=1S/C27H35N7O4/c1-27(2,3)22-17-23(33(4)32-22)29-25(35)24(30-31-26(28)36)20-9-10-21(19-8-6-5-7-18(19)20)38-16-13-34-11-14-37-15-12-34/h5-10,17H,11-16H2,1-4H3,(H,29,35)(H3,28,31,36)/b30-24+. The number of nitrogens with one attached hydrogen (secondary N) is 2. The van der Waals surface area contributed by atoms with Gasteiger partial charge in [0.1, 0.15) is 18.2 Å². The van der Waals surface area contributed by atoms with Crippen molar-refractivity contribution in [2.24, 2.45) is 17.9 Å². The number of hydrogen-bond donors (Lipinski definition) is 3. The Kier molecular flexibility index (Phi) is 8.28. The number of ether oxygens (including phenoxy) is 2. The molecule has 1 aliphatic rings. The molecule has 0 atom stereocenters. The fraction of sp³-hybridized carbons (Fsp3) is 0.407. The van der Waals surface area contributed by atoms with Gasteiger partial charge in [-0.2, -0.15) is 10.2 Å². The topological polar surface area (TPSA) is 136 Å². The molecule has 3 amide bonds. The molecule has 1 fully saturated rings. The van der Waals surface area contributed by atoms with E-state index in [-0.39, 0.29) is 11.1 Å². The van der Waals surface area contributed by atoms with Crippen molar-refractivity contribution in [1.82, 2.24) is 20.1 Å². The van der Waals surface area contributed by atoms with E-state index in [4.69, 9.17) is 15.2 Å². The Bertz CT molecular complexity index is 1340. The minimum atomic E-state index is -0.877. The fourth-order valence-corrected chi connectivity index (χ4v) is 4.18. The molecule has 0 bridgehead atoms. The Morgan fingerprint density at radius 2 is 1.84 bits per heavy atom. The molecule has 1 aliphatic heterocycles. The molecule has 1 aromatic heterocycles. The fourth-order valence-electron chi connectivity index (χ4n) is 4.18. The van der Waals surface area contributed by atoms with Gasteiger partial charge in [0.15, 0.2) is 5.71 Å². The Labute approximate surface area is 221 Å². The van der Waals surface area contributed by atoms with Gasteiger partial charge in [-0.25, -0.2) is 10.2 Å². The average molecular weight is 522 g/mol. The quantitative estimate of drug-likeness (QED) is 0.308. The van der Waals surface area contributed by atoms with Crippen molar-refractivity contribution >= 4 is 34.2 Å². The van der Waals surface area contributed by atoms with Gasteiger partial charge in [0, 0.05) is 49.1 Å². The molecule has 0 aliphatic carbocycles. The summed E-state index contributed by atoms with van der Waals surface area (Å²) in [5, 5.41) is 13.0. The number of aromatic nitrogens is 2. The number of amides is 3. The second-order valence-corrected chi connectivity index (χ2v) is 10.1. The highest BCUT2D eigenvalue weighted by molar-refractivity contribution is 6.50. The largest absolute Gasteiger partial charge is 0.492 e. The summed E-state index contributed by atoms with van der Waals surface area (Å²) in [6, 6.07) is 12.1. The van der Waals surface area contributed by atoms with Crippen molar-refractivity contribution in [3.8, 4) is 5.75 Å². The van der Waals surface area contributed by atoms with E-state index < -0.39 is 11.9 Å². The van der Waals surface area contributed by atoms with Gasteiger partial charge in [-0.3, -0.25) is 14.4 Å². The summed E-state index contributed by atoms with van der Waals surface area (Å²) >= 11 is 0. The lowest BCUT2D eigenvalue weighted by molar-refractivity contribution is -0.110. The summed E-state index contributed by atoms with van der Waals surface area (Å²) in [4.78, 5) is 27.3. The molecule has 11 heteroatoms. The highest BCUT2D eigenvalue weighted by atomic mass is 16.5. The van der Waals surface area contributed by atoms with Gasteiger partial charge in [-0.15, -0.1) is 0 Å². The van der Waals surface area contributed by atoms with Crippen molar-refractivity contribution in [3.63, 3.8) is 0 Å². The van der Waals surface area contributed by atoms with Crippen LogP contribution in [0.4, 0.5) is 10.6 Å². The number of urea groups is 1. The summed E-state index contributed by atoms with van der Waals surface area (Å²) in [7, 11) is 1.75. The Hall–Kier alpha value is -3.96. The first-order valence-corrected chi connectivity index (χ1v) is 12.6. The van der Waals surface area contributed by atoms with Gasteiger partial charge in [0.05, 0.1) is 18.9 Å². The number of morpholine rings is 1. The number of rotatable bonds is 8. The maximum atomic E-state index is 13.5. The second kappa shape index (κ2) is 11.6. The number of nitrogens with zero attached hydrogens (tertiary/aromatic N) is 4. The van der Waals surface area contributed by atoms with Crippen LogP contribution in [0.2, 0.25) is 0 Å². The van der Waals surface area contributed by atoms with Gasteiger partial charge < -0.3 is 20.5 Å². The molecule has 4 rings (SSSR count). The molecular formula is C27H35N7O4. The number of hydrazone groups is 1. The Morgan fingerprint density at radius 3 is 2.50 bits per heavy atom. The van der Waals surface area contributed by atoms with Crippen LogP contribution in [0, 0.1) is 0 Å². The SMILES string of the molecule is Cn1nc(C(C)(C)C)cc1NC(=O)/C(=N/NC(N)=O)c1ccc(OCCN2CCOCC2)c2ccccc12. The summed E-state index contributed by atoms with van der Waals surface area (Å²) in [5.41, 5.74) is 8.62. The Balaban J connectivity index is 1.62. The van der Waals surface area contributed by atoms with Crippen LogP contribution in [0.15, 0.2) is 47.6 Å². The minimum absolute atomic E-state index is 0.00150. The summed E-state index contributed by atoms with van der Waals surface area (Å²) in [6.07, 6.45) is 0. The number of carbonyl (C=O) groups excluding carboxylic acids is 2. The average Bonchev–Trinajstić information content (AvgIpc) is 3.26. The van der Waals surface area contributed by atoms with Crippen LogP contribution >= 0.6 is 0 Å². The summed E-state index contributed by atoms with van der Waals surface area (Å²) in [6.45, 7) is 10.7. The van der Waals surface area contributed by atoms with Gasteiger partial charge in [-0.1, -0.05) is 45.0 Å². The van der Waals surface area contributed by atoms with Gasteiger partial charge in [0.2, 0.25) is 0 Å². The normalized spacial score (nSPS) is 14.9. The lowest BCUT2D eigenvalue weighted by atomic mass is 9.92. The smallest absolute Gasteiger partial charge is 0.332 e. The van der Waals surface area contributed by atoms with Crippen LogP contribution < -0.4 is 21.2 Å². The van der Waals surface area contributed by atoms with E-state index in [1.165, 1.54) is 0 Å². The maximum Gasteiger partial charge on any atom is 0.332 e. The van der Waals surface area contributed by atoms with Crippen molar-refractivity contribution in [1.29, 1.82) is 0 Å². The number of primary amides is 1. The number of anilines is 1. The van der Waals surface area contributed by atoms with Crippen molar-refractivity contribution < 1.29 is 19.1 Å². The van der Waals surface area contributed by atoms with E-state index in [1.807, 2.05) is 57.2 Å². The highest BCUT2D eigenvalue weighted by Crippen LogP contribution is 2.30. The number of nitrogens with two attached hydrogens (primary N) is 1. The van der Waals surface area contributed by atoms with Crippen LogP contribution in [0.1, 0.15) is 32.0 Å². The molecule has 0 unspecified atom stereocenters. The molecular weight excluding hydrogens is 486 g/mol. The zero-order valence-corrected chi connectivity index (χ0v) is 22.3. The van der Waals surface area contributed by atoms with Crippen LogP contribution in [0.3, 0.4) is 0 Å². The molecule has 0 saturated carbocycles. The van der Waals surface area contributed by atoms with E-state index in [0.717, 1.165) is 49.3 Å². The molecule has 0 spiro atoms. The zero-order chi connectivity index (χ0) is 27.3. The van der Waals surface area contributed by atoms with E-state index in [9.17, 15) is 9.59 Å². The number of benzene rings is 2. The van der Waals surface area contributed by atoms with Crippen LogP contribution in [-0.4, -0.2) is 71.8 Å². The first-order chi connectivity index (χ1) is 18.1. The third kappa shape index (κ3) is 6.48. The maximum absolute atomic E-state index is 13.5. The first kappa shape index (κ1) is 27.1. The number of aryl methyl sites for hydroxylation is 1. The molecule has 11 nitrogen and oxygen atoms in total. The lowest BCUT2D eigenvalue weighted by Crippen LogP contribution is -2.38. The molecule has 2 heterocycles. The number of fused-ring (bicyclic) bond motifs is 1. The van der Waals surface area contributed by atoms with E-state index in [2.05, 4.69) is 25.8 Å². The van der Waals surface area contributed by atoms with Crippen molar-refractivity contribution in [2.45, 2.75) is 26.2 Å². The van der Waals surface area contributed by atoms with Crippen LogP contribution in [-0.2, 0) is 22.0 Å². The first-order valence-electron chi connectivity index (χ1n) is 12.6. The minimum Gasteiger partial charge on any atom is -0.492 e. The molecule has 3 aromatic rings. The highest BCUT2D eigenvalue weighted by Gasteiger charge is 2.23. The van der Waals surface area contributed by atoms with Crippen LogP contribution in [0.25, 0.3) is 10.8 Å². The second-order valence-electron chi connectivity index (χ2n) is 10.1. The molecule has 2 aromatic carbocycles. The summed E-state index contributed by atoms with van der Waals surface area (Å²) in [5.74, 6) is 0.675. The molecule has 4 N–H and O–H groups in total. The van der Waals surface area contributed by atoms with Crippen molar-refractivity contribution in [2.75, 3.05) is 44.8 Å². The van der Waals surface area contributed by atoms with E-state index in [1.54, 1.807) is 17.8 Å². The van der Waals surface area contributed by atoms with Gasteiger partial charge in [-0.05, 0) is 17.5 Å². The molecule has 202 valence electrons. The van der Waals surface area contributed by atoms with E-state index in [0.29, 0.717) is 23.7 Å². The lowest BCUT2D eigenvalue weighted by Gasteiger charge is -2.26. The number of hydrogen-bond acceptors (Lipinski definition) is 7. The third-order valence-corrected chi connectivity index (χ3v) is 6.29. The Morgan fingerprint density at radius 1 is 1.13 bits per heavy atom. The van der Waals surface area contributed by atoms with Gasteiger partial charge in [0.25, 0.3) is 5.91 Å². The predicted molar refractivity (Wildman–Crippen MR) is 146 cm³/mol.